The van der Waals surface area contributed by atoms with E-state index < -0.39 is 0 Å². The van der Waals surface area contributed by atoms with Crippen molar-refractivity contribution in [2.75, 3.05) is 6.54 Å². The van der Waals surface area contributed by atoms with E-state index in [-0.39, 0.29) is 16.9 Å². The van der Waals surface area contributed by atoms with E-state index in [1.165, 1.54) is 6.07 Å². The van der Waals surface area contributed by atoms with E-state index in [0.717, 1.165) is 30.6 Å². The lowest BCUT2D eigenvalue weighted by Crippen LogP contribution is -2.40. The second-order valence-corrected chi connectivity index (χ2v) is 7.16. The number of pyridine rings is 1. The molecule has 4 heteroatoms. The Labute approximate surface area is 126 Å². The molecule has 0 radical (unpaired) electrons. The topological polar surface area (TPSA) is 51.1 Å². The lowest BCUT2D eigenvalue weighted by Gasteiger charge is -2.26. The van der Waals surface area contributed by atoms with E-state index in [2.05, 4.69) is 33.0 Å². The monoisotopic (exact) mass is 290 g/mol. The number of hydrogen-bond donors (Lipinski definition) is 1. The SMILES string of the molecule is CC(CNC(C)(C)C)Cn1c2c(ccc1=O)C(=O)CCC2. The van der Waals surface area contributed by atoms with Crippen molar-refractivity contribution in [2.24, 2.45) is 5.92 Å². The average Bonchev–Trinajstić information content (AvgIpc) is 2.39. The van der Waals surface area contributed by atoms with Gasteiger partial charge < -0.3 is 9.88 Å². The number of fused-ring (bicyclic) bond motifs is 1. The van der Waals surface area contributed by atoms with E-state index in [4.69, 9.17) is 0 Å². The highest BCUT2D eigenvalue weighted by molar-refractivity contribution is 5.97. The number of rotatable bonds is 4. The van der Waals surface area contributed by atoms with E-state index in [1.807, 2.05) is 0 Å². The van der Waals surface area contributed by atoms with Crippen LogP contribution >= 0.6 is 0 Å². The van der Waals surface area contributed by atoms with E-state index in [9.17, 15) is 9.59 Å². The average molecular weight is 290 g/mol. The highest BCUT2D eigenvalue weighted by Gasteiger charge is 2.21. The molecule has 1 aliphatic carbocycles. The Morgan fingerprint density at radius 1 is 1.24 bits per heavy atom. The molecule has 0 aromatic carbocycles. The van der Waals surface area contributed by atoms with Gasteiger partial charge in [0, 0.05) is 35.8 Å². The predicted molar refractivity (Wildman–Crippen MR) is 84.9 cm³/mol. The van der Waals surface area contributed by atoms with Gasteiger partial charge in [-0.3, -0.25) is 9.59 Å². The summed E-state index contributed by atoms with van der Waals surface area (Å²) >= 11 is 0. The van der Waals surface area contributed by atoms with Gasteiger partial charge in [0.25, 0.3) is 5.56 Å². The van der Waals surface area contributed by atoms with Crippen molar-refractivity contribution in [3.8, 4) is 0 Å². The van der Waals surface area contributed by atoms with Gasteiger partial charge in [-0.2, -0.15) is 0 Å². The minimum absolute atomic E-state index is 0.00561. The molecule has 1 heterocycles. The predicted octanol–water partition coefficient (Wildman–Crippen LogP) is 2.39. The van der Waals surface area contributed by atoms with E-state index in [0.29, 0.717) is 18.9 Å². The highest BCUT2D eigenvalue weighted by Crippen LogP contribution is 2.20. The van der Waals surface area contributed by atoms with Crippen LogP contribution in [0, 0.1) is 5.92 Å². The second kappa shape index (κ2) is 6.14. The smallest absolute Gasteiger partial charge is 0.250 e. The molecule has 0 amide bonds. The van der Waals surface area contributed by atoms with Crippen LogP contribution in [0.5, 0.6) is 0 Å². The zero-order valence-corrected chi connectivity index (χ0v) is 13.5. The zero-order valence-electron chi connectivity index (χ0n) is 13.5. The number of Topliss-reactive ketones (excluding diaryl/α,β-unsaturated/α-hetero) is 1. The van der Waals surface area contributed by atoms with Crippen LogP contribution < -0.4 is 10.9 Å². The third-order valence-corrected chi connectivity index (χ3v) is 3.89. The number of carbonyl (C=O) groups excluding carboxylic acids is 1. The second-order valence-electron chi connectivity index (χ2n) is 7.16. The molecule has 2 rings (SSSR count). The Bertz CT molecular complexity index is 581. The fourth-order valence-electron chi connectivity index (χ4n) is 2.75. The van der Waals surface area contributed by atoms with Crippen molar-refractivity contribution in [2.45, 2.75) is 59.0 Å². The summed E-state index contributed by atoms with van der Waals surface area (Å²) in [7, 11) is 0. The summed E-state index contributed by atoms with van der Waals surface area (Å²) in [6, 6.07) is 3.24. The molecule has 0 saturated carbocycles. The van der Waals surface area contributed by atoms with Gasteiger partial charge in [0.15, 0.2) is 5.78 Å². The first-order valence-corrected chi connectivity index (χ1v) is 7.79. The number of nitrogens with one attached hydrogen (secondary N) is 1. The third-order valence-electron chi connectivity index (χ3n) is 3.89. The summed E-state index contributed by atoms with van der Waals surface area (Å²) in [5.41, 5.74) is 1.76. The first kappa shape index (κ1) is 16.0. The van der Waals surface area contributed by atoms with Crippen molar-refractivity contribution in [3.63, 3.8) is 0 Å². The van der Waals surface area contributed by atoms with Crippen LogP contribution in [0.25, 0.3) is 0 Å². The van der Waals surface area contributed by atoms with Crippen molar-refractivity contribution < 1.29 is 4.79 Å². The van der Waals surface area contributed by atoms with Gasteiger partial charge in [0.05, 0.1) is 0 Å². The van der Waals surface area contributed by atoms with Gasteiger partial charge in [-0.05, 0) is 52.1 Å². The van der Waals surface area contributed by atoms with E-state index >= 15 is 0 Å². The number of nitrogens with zero attached hydrogens (tertiary/aromatic N) is 1. The number of hydrogen-bond acceptors (Lipinski definition) is 3. The molecular weight excluding hydrogens is 264 g/mol. The van der Waals surface area contributed by atoms with Crippen LogP contribution in [-0.4, -0.2) is 22.4 Å². The minimum Gasteiger partial charge on any atom is -0.312 e. The number of ketones is 1. The highest BCUT2D eigenvalue weighted by atomic mass is 16.1. The molecule has 116 valence electrons. The standard InChI is InChI=1S/C17H26N2O2/c1-12(10-18-17(2,3)4)11-19-14-6-5-7-15(20)13(14)8-9-16(19)21/h8-9,12,18H,5-7,10-11H2,1-4H3. The Balaban J connectivity index is 2.18. The van der Waals surface area contributed by atoms with Crippen molar-refractivity contribution >= 4 is 5.78 Å². The first-order chi connectivity index (χ1) is 9.78. The molecule has 0 fully saturated rings. The molecule has 1 unspecified atom stereocenters. The molecule has 0 aliphatic heterocycles. The molecule has 0 bridgehead atoms. The van der Waals surface area contributed by atoms with Gasteiger partial charge in [-0.15, -0.1) is 0 Å². The quantitative estimate of drug-likeness (QED) is 0.926. The Kier molecular flexibility index (Phi) is 4.67. The fraction of sp³-hybridized carbons (Fsp3) is 0.647. The third kappa shape index (κ3) is 4.03. The van der Waals surface area contributed by atoms with Gasteiger partial charge in [-0.25, -0.2) is 0 Å². The van der Waals surface area contributed by atoms with Crippen LogP contribution in [0.3, 0.4) is 0 Å². The zero-order chi connectivity index (χ0) is 15.6. The molecule has 1 aromatic heterocycles. The van der Waals surface area contributed by atoms with Crippen LogP contribution in [0.2, 0.25) is 0 Å². The fourth-order valence-corrected chi connectivity index (χ4v) is 2.75. The molecule has 1 atom stereocenters. The normalized spacial score (nSPS) is 16.7. The van der Waals surface area contributed by atoms with Crippen LogP contribution in [0.15, 0.2) is 16.9 Å². The first-order valence-electron chi connectivity index (χ1n) is 7.79. The van der Waals surface area contributed by atoms with Gasteiger partial charge in [-0.1, -0.05) is 6.92 Å². The van der Waals surface area contributed by atoms with Gasteiger partial charge >= 0.3 is 0 Å². The van der Waals surface area contributed by atoms with Crippen molar-refractivity contribution in [1.82, 2.24) is 9.88 Å². The molecule has 0 spiro atoms. The molecule has 0 saturated heterocycles. The maximum Gasteiger partial charge on any atom is 0.250 e. The molecule has 1 aromatic rings. The number of aromatic nitrogens is 1. The molecule has 4 nitrogen and oxygen atoms in total. The Hall–Kier alpha value is -1.42. The van der Waals surface area contributed by atoms with Gasteiger partial charge in [0.1, 0.15) is 0 Å². The summed E-state index contributed by atoms with van der Waals surface area (Å²) in [4.78, 5) is 24.1. The van der Waals surface area contributed by atoms with Crippen molar-refractivity contribution in [3.05, 3.63) is 33.7 Å². The van der Waals surface area contributed by atoms with Crippen molar-refractivity contribution in [1.29, 1.82) is 0 Å². The minimum atomic E-state index is 0.00561. The van der Waals surface area contributed by atoms with Gasteiger partial charge in [0.2, 0.25) is 0 Å². The summed E-state index contributed by atoms with van der Waals surface area (Å²) < 4.78 is 1.81. The molecule has 21 heavy (non-hydrogen) atoms. The maximum absolute atomic E-state index is 12.2. The summed E-state index contributed by atoms with van der Waals surface area (Å²) in [5, 5.41) is 3.47. The Morgan fingerprint density at radius 3 is 2.62 bits per heavy atom. The lowest BCUT2D eigenvalue weighted by molar-refractivity contribution is 0.0970. The summed E-state index contributed by atoms with van der Waals surface area (Å²) in [6.45, 7) is 10.1. The lowest BCUT2D eigenvalue weighted by atomic mass is 9.94. The summed E-state index contributed by atoms with van der Waals surface area (Å²) in [6.07, 6.45) is 2.28. The largest absolute Gasteiger partial charge is 0.312 e. The molecule has 1 aliphatic rings. The number of carbonyl (C=O) groups is 1. The van der Waals surface area contributed by atoms with Crippen LogP contribution in [0.1, 0.15) is 56.6 Å². The maximum atomic E-state index is 12.2. The van der Waals surface area contributed by atoms with Crippen LogP contribution in [-0.2, 0) is 13.0 Å². The molecular formula is C17H26N2O2. The van der Waals surface area contributed by atoms with Crippen LogP contribution in [0.4, 0.5) is 0 Å². The van der Waals surface area contributed by atoms with E-state index in [1.54, 1.807) is 10.6 Å². The molecule has 1 N–H and O–H groups in total. The Morgan fingerprint density at radius 2 is 1.95 bits per heavy atom. The summed E-state index contributed by atoms with van der Waals surface area (Å²) in [5.74, 6) is 0.510.